The second kappa shape index (κ2) is 7.91. The van der Waals surface area contributed by atoms with E-state index < -0.39 is 6.10 Å². The quantitative estimate of drug-likeness (QED) is 0.866. The molecule has 2 aromatic rings. The maximum atomic E-state index is 12.4. The fourth-order valence-electron chi connectivity index (χ4n) is 2.87. The Hall–Kier alpha value is -3.02. The number of fused-ring (bicyclic) bond motifs is 1. The lowest BCUT2D eigenvalue weighted by Gasteiger charge is -2.32. The van der Waals surface area contributed by atoms with E-state index >= 15 is 0 Å². The Bertz CT molecular complexity index is 806. The van der Waals surface area contributed by atoms with Gasteiger partial charge in [0.15, 0.2) is 6.10 Å². The average Bonchev–Trinajstić information content (AvgIpc) is 2.67. The predicted molar refractivity (Wildman–Crippen MR) is 98.3 cm³/mol. The zero-order chi connectivity index (χ0) is 18.5. The highest BCUT2D eigenvalue weighted by Crippen LogP contribution is 2.33. The first-order chi connectivity index (χ1) is 12.6. The van der Waals surface area contributed by atoms with E-state index in [1.165, 1.54) is 0 Å². The number of nitrogens with one attached hydrogen (secondary N) is 1. The van der Waals surface area contributed by atoms with Crippen molar-refractivity contribution in [3.8, 4) is 11.5 Å². The molecule has 0 unspecified atom stereocenters. The van der Waals surface area contributed by atoms with Gasteiger partial charge in [0.1, 0.15) is 11.5 Å². The number of ether oxygens (including phenoxy) is 2. The lowest BCUT2D eigenvalue weighted by molar-refractivity contribution is -0.125. The minimum atomic E-state index is -0.551. The van der Waals surface area contributed by atoms with Gasteiger partial charge in [0.25, 0.3) is 5.91 Å². The van der Waals surface area contributed by atoms with Crippen LogP contribution in [0.25, 0.3) is 0 Å². The predicted octanol–water partition coefficient (Wildman–Crippen LogP) is 2.52. The van der Waals surface area contributed by atoms with E-state index in [9.17, 15) is 9.59 Å². The molecule has 1 atom stereocenters. The molecule has 0 fully saturated rings. The fourth-order valence-corrected chi connectivity index (χ4v) is 2.87. The summed E-state index contributed by atoms with van der Waals surface area (Å²) in [4.78, 5) is 26.2. The topological polar surface area (TPSA) is 67.9 Å². The van der Waals surface area contributed by atoms with Crippen LogP contribution < -0.4 is 19.7 Å². The first-order valence-electron chi connectivity index (χ1n) is 8.55. The largest absolute Gasteiger partial charge is 0.497 e. The van der Waals surface area contributed by atoms with Gasteiger partial charge in [0.05, 0.1) is 12.8 Å². The minimum absolute atomic E-state index is 0.114. The number of carbonyl (C=O) groups is 2. The molecule has 6 nitrogen and oxygen atoms in total. The Balaban J connectivity index is 1.58. The van der Waals surface area contributed by atoms with E-state index in [0.717, 1.165) is 11.3 Å². The molecule has 6 heteroatoms. The van der Waals surface area contributed by atoms with Gasteiger partial charge in [0.2, 0.25) is 5.91 Å². The van der Waals surface area contributed by atoms with Gasteiger partial charge < -0.3 is 19.7 Å². The van der Waals surface area contributed by atoms with Crippen LogP contribution in [-0.4, -0.2) is 31.6 Å². The molecule has 0 saturated carbocycles. The molecule has 1 heterocycles. The molecule has 0 bridgehead atoms. The normalized spacial score (nSPS) is 15.8. The third-order valence-electron chi connectivity index (χ3n) is 4.26. The number of anilines is 1. The molecule has 2 amide bonds. The lowest BCUT2D eigenvalue weighted by atomic mass is 10.1. The Morgan fingerprint density at radius 2 is 2.04 bits per heavy atom. The molecule has 0 aliphatic carbocycles. The van der Waals surface area contributed by atoms with Gasteiger partial charge in [-0.2, -0.15) is 0 Å². The van der Waals surface area contributed by atoms with Crippen LogP contribution in [-0.2, 0) is 16.1 Å². The standard InChI is InChI=1S/C20H22N2O4/c1-14-20(24)22(17-8-3-4-9-18(17)26-14)11-10-19(23)21-13-15-6-5-7-16(12-15)25-2/h3-9,12,14H,10-11,13H2,1-2H3,(H,21,23)/t14-/m1/s1. The summed E-state index contributed by atoms with van der Waals surface area (Å²) in [5.41, 5.74) is 1.66. The fraction of sp³-hybridized carbons (Fsp3) is 0.300. The number of carbonyl (C=O) groups excluding carboxylic acids is 2. The smallest absolute Gasteiger partial charge is 0.267 e. The van der Waals surface area contributed by atoms with Crippen molar-refractivity contribution >= 4 is 17.5 Å². The van der Waals surface area contributed by atoms with Crippen molar-refractivity contribution < 1.29 is 19.1 Å². The summed E-state index contributed by atoms with van der Waals surface area (Å²) in [6, 6.07) is 14.9. The van der Waals surface area contributed by atoms with E-state index in [4.69, 9.17) is 9.47 Å². The number of methoxy groups -OCH3 is 1. The van der Waals surface area contributed by atoms with E-state index in [2.05, 4.69) is 5.32 Å². The highest BCUT2D eigenvalue weighted by Gasteiger charge is 2.31. The van der Waals surface area contributed by atoms with Crippen molar-refractivity contribution in [3.05, 3.63) is 54.1 Å². The monoisotopic (exact) mass is 354 g/mol. The average molecular weight is 354 g/mol. The van der Waals surface area contributed by atoms with Crippen molar-refractivity contribution in [1.29, 1.82) is 0 Å². The third-order valence-corrected chi connectivity index (χ3v) is 4.26. The molecule has 1 aliphatic heterocycles. The van der Waals surface area contributed by atoms with Crippen LogP contribution in [0.1, 0.15) is 18.9 Å². The molecule has 0 aromatic heterocycles. The van der Waals surface area contributed by atoms with Gasteiger partial charge in [-0.3, -0.25) is 9.59 Å². The molecule has 0 spiro atoms. The van der Waals surface area contributed by atoms with Gasteiger partial charge in [-0.1, -0.05) is 24.3 Å². The zero-order valence-electron chi connectivity index (χ0n) is 14.9. The number of hydrogen-bond donors (Lipinski definition) is 1. The number of hydrogen-bond acceptors (Lipinski definition) is 4. The number of benzene rings is 2. The second-order valence-electron chi connectivity index (χ2n) is 6.10. The van der Waals surface area contributed by atoms with Crippen LogP contribution in [0.15, 0.2) is 48.5 Å². The van der Waals surface area contributed by atoms with Gasteiger partial charge in [-0.25, -0.2) is 0 Å². The zero-order valence-corrected chi connectivity index (χ0v) is 14.9. The molecular weight excluding hydrogens is 332 g/mol. The van der Waals surface area contributed by atoms with Gasteiger partial charge in [0, 0.05) is 19.5 Å². The van der Waals surface area contributed by atoms with Crippen LogP contribution in [0, 0.1) is 0 Å². The molecule has 0 radical (unpaired) electrons. The molecule has 1 N–H and O–H groups in total. The first-order valence-corrected chi connectivity index (χ1v) is 8.55. The van der Waals surface area contributed by atoms with E-state index in [1.54, 1.807) is 18.9 Å². The Labute approximate surface area is 152 Å². The number of nitrogens with zero attached hydrogens (tertiary/aromatic N) is 1. The van der Waals surface area contributed by atoms with Crippen LogP contribution in [0.3, 0.4) is 0 Å². The summed E-state index contributed by atoms with van der Waals surface area (Å²) in [6.07, 6.45) is -0.332. The van der Waals surface area contributed by atoms with E-state index in [-0.39, 0.29) is 18.2 Å². The lowest BCUT2D eigenvalue weighted by Crippen LogP contribution is -2.45. The molecule has 2 aromatic carbocycles. The minimum Gasteiger partial charge on any atom is -0.497 e. The molecule has 0 saturated heterocycles. The van der Waals surface area contributed by atoms with Gasteiger partial charge in [-0.05, 0) is 36.8 Å². The Morgan fingerprint density at radius 3 is 2.85 bits per heavy atom. The number of rotatable bonds is 6. The molecule has 26 heavy (non-hydrogen) atoms. The SMILES string of the molecule is COc1cccc(CNC(=O)CCN2C(=O)[C@@H](C)Oc3ccccc32)c1. The second-order valence-corrected chi connectivity index (χ2v) is 6.10. The van der Waals surface area contributed by atoms with Crippen molar-refractivity contribution in [2.45, 2.75) is 26.0 Å². The maximum absolute atomic E-state index is 12.4. The number of para-hydroxylation sites is 2. The summed E-state index contributed by atoms with van der Waals surface area (Å²) >= 11 is 0. The third kappa shape index (κ3) is 3.96. The van der Waals surface area contributed by atoms with E-state index in [0.29, 0.717) is 24.5 Å². The van der Waals surface area contributed by atoms with Crippen molar-refractivity contribution in [3.63, 3.8) is 0 Å². The first kappa shape index (κ1) is 17.8. The maximum Gasteiger partial charge on any atom is 0.267 e. The van der Waals surface area contributed by atoms with Gasteiger partial charge in [-0.15, -0.1) is 0 Å². The molecule has 3 rings (SSSR count). The van der Waals surface area contributed by atoms with E-state index in [1.807, 2.05) is 48.5 Å². The van der Waals surface area contributed by atoms with Crippen LogP contribution >= 0.6 is 0 Å². The van der Waals surface area contributed by atoms with Crippen molar-refractivity contribution in [2.75, 3.05) is 18.6 Å². The highest BCUT2D eigenvalue weighted by atomic mass is 16.5. The van der Waals surface area contributed by atoms with Crippen molar-refractivity contribution in [2.24, 2.45) is 0 Å². The van der Waals surface area contributed by atoms with Crippen LogP contribution in [0.5, 0.6) is 11.5 Å². The Kier molecular flexibility index (Phi) is 5.41. The Morgan fingerprint density at radius 1 is 1.23 bits per heavy atom. The van der Waals surface area contributed by atoms with Crippen molar-refractivity contribution in [1.82, 2.24) is 5.32 Å². The van der Waals surface area contributed by atoms with Crippen LogP contribution in [0.2, 0.25) is 0 Å². The molecular formula is C20H22N2O4. The summed E-state index contributed by atoms with van der Waals surface area (Å²) in [5.74, 6) is 1.17. The summed E-state index contributed by atoms with van der Waals surface area (Å²) in [5, 5.41) is 2.88. The summed E-state index contributed by atoms with van der Waals surface area (Å²) < 4.78 is 10.8. The number of amides is 2. The van der Waals surface area contributed by atoms with Gasteiger partial charge >= 0.3 is 0 Å². The summed E-state index contributed by atoms with van der Waals surface area (Å²) in [7, 11) is 1.61. The molecule has 136 valence electrons. The highest BCUT2D eigenvalue weighted by molar-refractivity contribution is 6.00. The summed E-state index contributed by atoms with van der Waals surface area (Å²) in [6.45, 7) is 2.45. The molecule has 1 aliphatic rings. The van der Waals surface area contributed by atoms with Crippen LogP contribution in [0.4, 0.5) is 5.69 Å².